The highest BCUT2D eigenvalue weighted by Gasteiger charge is 2.51. The lowest BCUT2D eigenvalue weighted by molar-refractivity contribution is -0.137. The Morgan fingerprint density at radius 2 is 2.00 bits per heavy atom. The molecular formula is C31H31ClF5N7O2. The van der Waals surface area contributed by atoms with E-state index in [1.807, 2.05) is 0 Å². The minimum absolute atomic E-state index is 0.0354. The number of fused-ring (bicyclic) bond motifs is 1. The van der Waals surface area contributed by atoms with E-state index in [4.69, 9.17) is 26.8 Å². The molecule has 0 radical (unpaired) electrons. The zero-order chi connectivity index (χ0) is 32.8. The summed E-state index contributed by atoms with van der Waals surface area (Å²) in [6.45, 7) is 2.57. The molecule has 2 atom stereocenters. The highest BCUT2D eigenvalue weighted by atomic mass is 35.5. The van der Waals surface area contributed by atoms with Gasteiger partial charge in [0.2, 0.25) is 0 Å². The Bertz CT molecular complexity index is 1790. The van der Waals surface area contributed by atoms with Crippen LogP contribution in [0, 0.1) is 30.0 Å². The van der Waals surface area contributed by atoms with Gasteiger partial charge in [-0.1, -0.05) is 11.6 Å². The number of hydrogen-bond donors (Lipinski definition) is 1. The van der Waals surface area contributed by atoms with Crippen molar-refractivity contribution in [3.05, 3.63) is 28.0 Å². The number of hydrogen-bond acceptors (Lipinski definition) is 9. The number of alkyl halides is 4. The smallest absolute Gasteiger partial charge is 0.418 e. The molecule has 0 amide bonds. The van der Waals surface area contributed by atoms with Gasteiger partial charge < -0.3 is 20.1 Å². The van der Waals surface area contributed by atoms with Crippen LogP contribution in [0.2, 0.25) is 5.02 Å². The molecule has 1 aromatic carbocycles. The van der Waals surface area contributed by atoms with Crippen LogP contribution in [0.5, 0.6) is 11.8 Å². The SMILES string of the molecule is Cc1cc(N)nc(-c2c(Cl)c3c4c(nc(OC[C@@]56CCCN5C[C@H](F)C6)nc4c2F)N(C)CC2(CC(CC#N)C2)O3)c1C(F)(F)F. The first kappa shape index (κ1) is 30.9. The number of pyridine rings is 1. The summed E-state index contributed by atoms with van der Waals surface area (Å²) in [6, 6.07) is 3.01. The van der Waals surface area contributed by atoms with Crippen LogP contribution in [0.25, 0.3) is 22.2 Å². The number of nitriles is 1. The Balaban J connectivity index is 1.42. The normalized spacial score (nSPS) is 27.3. The van der Waals surface area contributed by atoms with Crippen molar-refractivity contribution >= 4 is 34.1 Å². The molecule has 4 aliphatic rings. The van der Waals surface area contributed by atoms with E-state index in [1.54, 1.807) is 11.9 Å². The molecule has 1 saturated carbocycles. The van der Waals surface area contributed by atoms with Crippen LogP contribution in [0.3, 0.4) is 0 Å². The molecule has 46 heavy (non-hydrogen) atoms. The van der Waals surface area contributed by atoms with Gasteiger partial charge in [-0.15, -0.1) is 0 Å². The monoisotopic (exact) mass is 663 g/mol. The minimum atomic E-state index is -4.92. The van der Waals surface area contributed by atoms with Crippen LogP contribution < -0.4 is 20.1 Å². The number of rotatable bonds is 5. The molecule has 244 valence electrons. The van der Waals surface area contributed by atoms with Gasteiger partial charge in [-0.2, -0.15) is 28.4 Å². The lowest BCUT2D eigenvalue weighted by Crippen LogP contribution is -2.55. The molecule has 0 unspecified atom stereocenters. The number of benzene rings is 1. The average molecular weight is 664 g/mol. The van der Waals surface area contributed by atoms with Gasteiger partial charge in [0, 0.05) is 26.4 Å². The zero-order valence-corrected chi connectivity index (χ0v) is 25.9. The molecule has 3 aromatic rings. The standard InChI is InChI=1S/C31H31ClF5N7O2/c1-15-8-18(39)40-24(21(15)31(35,36)37)19-22(32)26-20-25(23(19)34)41-28(45-14-29-5-3-7-44(29)12-17(33)11-29)42-27(20)43(2)13-30(46-26)9-16(10-30)4-6-38/h8,16-17H,3-5,7,9-14H2,1-2H3,(H2,39,40)/t16?,17-,29+,30?/m1/s1. The van der Waals surface area contributed by atoms with Crippen molar-refractivity contribution in [1.82, 2.24) is 19.9 Å². The van der Waals surface area contributed by atoms with Gasteiger partial charge in [-0.05, 0) is 56.7 Å². The second kappa shape index (κ2) is 10.7. The van der Waals surface area contributed by atoms with Gasteiger partial charge in [0.1, 0.15) is 35.5 Å². The Labute approximate surface area is 266 Å². The van der Waals surface area contributed by atoms with E-state index in [0.717, 1.165) is 19.0 Å². The highest BCUT2D eigenvalue weighted by Crippen LogP contribution is 2.54. The quantitative estimate of drug-likeness (QED) is 0.317. The molecule has 1 spiro atoms. The van der Waals surface area contributed by atoms with Crippen LogP contribution in [-0.4, -0.2) is 70.5 Å². The van der Waals surface area contributed by atoms with Crippen LogP contribution in [0.1, 0.15) is 49.7 Å². The van der Waals surface area contributed by atoms with E-state index in [-0.39, 0.29) is 65.4 Å². The molecule has 0 bridgehead atoms. The first-order valence-electron chi connectivity index (χ1n) is 15.1. The Kier molecular flexibility index (Phi) is 7.17. The molecule has 15 heteroatoms. The van der Waals surface area contributed by atoms with Gasteiger partial charge in [0.25, 0.3) is 0 Å². The third kappa shape index (κ3) is 4.85. The van der Waals surface area contributed by atoms with E-state index in [0.29, 0.717) is 32.2 Å². The molecule has 2 N–H and O–H groups in total. The molecule has 2 aromatic heterocycles. The van der Waals surface area contributed by atoms with Crippen molar-refractivity contribution in [2.45, 2.75) is 68.9 Å². The molecule has 2 saturated heterocycles. The Morgan fingerprint density at radius 1 is 1.24 bits per heavy atom. The molecule has 9 nitrogen and oxygen atoms in total. The second-order valence-electron chi connectivity index (χ2n) is 13.1. The number of aryl methyl sites for hydroxylation is 1. The summed E-state index contributed by atoms with van der Waals surface area (Å²) in [6.07, 6.45) is -2.81. The minimum Gasteiger partial charge on any atom is -0.483 e. The van der Waals surface area contributed by atoms with Gasteiger partial charge in [0.15, 0.2) is 11.6 Å². The van der Waals surface area contributed by atoms with E-state index >= 15 is 4.39 Å². The maximum Gasteiger partial charge on any atom is 0.418 e. The molecule has 1 aliphatic carbocycles. The highest BCUT2D eigenvalue weighted by molar-refractivity contribution is 6.36. The summed E-state index contributed by atoms with van der Waals surface area (Å²) in [5, 5.41) is 8.88. The predicted octanol–water partition coefficient (Wildman–Crippen LogP) is 6.24. The molecule has 7 rings (SSSR count). The van der Waals surface area contributed by atoms with Gasteiger partial charge in [0.05, 0.1) is 45.4 Å². The first-order chi connectivity index (χ1) is 21.7. The van der Waals surface area contributed by atoms with Crippen molar-refractivity contribution < 1.29 is 31.4 Å². The summed E-state index contributed by atoms with van der Waals surface area (Å²) in [5.74, 6) is -1.26. The van der Waals surface area contributed by atoms with Crippen LogP contribution in [0.15, 0.2) is 6.07 Å². The van der Waals surface area contributed by atoms with E-state index in [9.17, 15) is 22.8 Å². The third-order valence-electron chi connectivity index (χ3n) is 9.84. The first-order valence-corrected chi connectivity index (χ1v) is 15.5. The number of halogens is 6. The second-order valence-corrected chi connectivity index (χ2v) is 13.5. The predicted molar refractivity (Wildman–Crippen MR) is 160 cm³/mol. The molecule has 3 aliphatic heterocycles. The number of aromatic nitrogens is 3. The summed E-state index contributed by atoms with van der Waals surface area (Å²) < 4.78 is 87.2. The summed E-state index contributed by atoms with van der Waals surface area (Å²) in [5.41, 5.74) is 1.18. The fraction of sp³-hybridized carbons (Fsp3) is 0.548. The number of nitrogens with two attached hydrogens (primary N) is 1. The van der Waals surface area contributed by atoms with Gasteiger partial charge in [-0.3, -0.25) is 4.90 Å². The van der Waals surface area contributed by atoms with Crippen molar-refractivity contribution in [2.24, 2.45) is 5.92 Å². The number of ether oxygens (including phenoxy) is 2. The zero-order valence-electron chi connectivity index (χ0n) is 25.1. The van der Waals surface area contributed by atoms with Crippen molar-refractivity contribution in [3.8, 4) is 29.1 Å². The van der Waals surface area contributed by atoms with Crippen molar-refractivity contribution in [3.63, 3.8) is 0 Å². The molecule has 5 heterocycles. The van der Waals surface area contributed by atoms with Crippen LogP contribution in [0.4, 0.5) is 33.6 Å². The Morgan fingerprint density at radius 3 is 2.72 bits per heavy atom. The van der Waals surface area contributed by atoms with E-state index in [2.05, 4.69) is 25.9 Å². The third-order valence-corrected chi connectivity index (χ3v) is 10.2. The topological polar surface area (TPSA) is 113 Å². The lowest BCUT2D eigenvalue weighted by atomic mass is 9.69. The lowest BCUT2D eigenvalue weighted by Gasteiger charge is -2.47. The van der Waals surface area contributed by atoms with Gasteiger partial charge in [-0.25, -0.2) is 13.8 Å². The molecular weight excluding hydrogens is 633 g/mol. The summed E-state index contributed by atoms with van der Waals surface area (Å²) in [4.78, 5) is 16.7. The largest absolute Gasteiger partial charge is 0.483 e. The molecule has 3 fully saturated rings. The van der Waals surface area contributed by atoms with Crippen molar-refractivity contribution in [2.75, 3.05) is 43.9 Å². The fourth-order valence-electron chi connectivity index (χ4n) is 8.00. The maximum atomic E-state index is 16.8. The number of nitrogens with zero attached hydrogens (tertiary/aromatic N) is 6. The average Bonchev–Trinajstić information content (AvgIpc) is 3.43. The number of anilines is 2. The summed E-state index contributed by atoms with van der Waals surface area (Å²) in [7, 11) is 1.73. The van der Waals surface area contributed by atoms with Crippen LogP contribution >= 0.6 is 11.6 Å². The van der Waals surface area contributed by atoms with E-state index < -0.39 is 51.1 Å². The Hall–Kier alpha value is -3.70. The summed E-state index contributed by atoms with van der Waals surface area (Å²) >= 11 is 6.84. The van der Waals surface area contributed by atoms with Crippen molar-refractivity contribution in [1.29, 1.82) is 5.26 Å². The number of likely N-dealkylation sites (N-methyl/N-ethyl adjacent to an activating group) is 1. The number of nitrogen functional groups attached to an aromatic ring is 1. The van der Waals surface area contributed by atoms with E-state index in [1.165, 1.54) is 6.92 Å². The van der Waals surface area contributed by atoms with Gasteiger partial charge >= 0.3 is 12.2 Å². The maximum absolute atomic E-state index is 16.8. The fourth-order valence-corrected chi connectivity index (χ4v) is 8.30. The van der Waals surface area contributed by atoms with Crippen LogP contribution in [-0.2, 0) is 6.18 Å².